The molecular weight excluding hydrogens is 260 g/mol. The van der Waals surface area contributed by atoms with Crippen LogP contribution in [0.4, 0.5) is 0 Å². The maximum atomic E-state index is 12.0. The normalized spacial score (nSPS) is 16.4. The molecule has 0 unspecified atom stereocenters. The van der Waals surface area contributed by atoms with Crippen LogP contribution in [-0.2, 0) is 10.0 Å². The van der Waals surface area contributed by atoms with Crippen LogP contribution < -0.4 is 4.72 Å². The molecule has 1 aliphatic rings. The lowest BCUT2D eigenvalue weighted by Crippen LogP contribution is -2.25. The van der Waals surface area contributed by atoms with E-state index in [0.29, 0.717) is 18.0 Å². The molecule has 5 heteroatoms. The largest absolute Gasteiger partial charge is 0.240 e. The van der Waals surface area contributed by atoms with Crippen LogP contribution in [0.25, 0.3) is 0 Å². The first-order valence-corrected chi connectivity index (χ1v) is 8.10. The van der Waals surface area contributed by atoms with Crippen LogP contribution in [0.5, 0.6) is 0 Å². The number of sulfonamides is 1. The molecule has 19 heavy (non-hydrogen) atoms. The number of nitrogens with zero attached hydrogens (tertiary/aromatic N) is 1. The summed E-state index contributed by atoms with van der Waals surface area (Å²) in [4.78, 5) is 0.220. The molecule has 0 aromatic heterocycles. The molecular formula is C14H18N2O2S. The first-order chi connectivity index (χ1) is 9.12. The van der Waals surface area contributed by atoms with Gasteiger partial charge in [-0.3, -0.25) is 0 Å². The zero-order valence-electron chi connectivity index (χ0n) is 10.8. The van der Waals surface area contributed by atoms with Crippen LogP contribution >= 0.6 is 0 Å². The van der Waals surface area contributed by atoms with Crippen molar-refractivity contribution in [3.05, 3.63) is 29.8 Å². The van der Waals surface area contributed by atoms with E-state index in [9.17, 15) is 8.42 Å². The molecule has 0 atom stereocenters. The van der Waals surface area contributed by atoms with Gasteiger partial charge in [0, 0.05) is 6.54 Å². The van der Waals surface area contributed by atoms with E-state index in [4.69, 9.17) is 5.26 Å². The summed E-state index contributed by atoms with van der Waals surface area (Å²) >= 11 is 0. The number of nitrogens with one attached hydrogen (secondary N) is 1. The Bertz CT molecular complexity index is 552. The quantitative estimate of drug-likeness (QED) is 0.899. The lowest BCUT2D eigenvalue weighted by atomic mass is 10.1. The number of rotatable bonds is 5. The molecule has 1 aromatic rings. The SMILES string of the molecule is N#Cc1ccc(S(=O)(=O)NCCC2CCCC2)cc1. The van der Waals surface area contributed by atoms with Crippen LogP contribution in [0.1, 0.15) is 37.7 Å². The van der Waals surface area contributed by atoms with E-state index in [2.05, 4.69) is 4.72 Å². The van der Waals surface area contributed by atoms with Crippen LogP contribution in [-0.4, -0.2) is 15.0 Å². The molecule has 102 valence electrons. The highest BCUT2D eigenvalue weighted by Gasteiger charge is 2.17. The second kappa shape index (κ2) is 6.18. The van der Waals surface area contributed by atoms with E-state index < -0.39 is 10.0 Å². The van der Waals surface area contributed by atoms with Gasteiger partial charge < -0.3 is 0 Å². The first-order valence-electron chi connectivity index (χ1n) is 6.61. The monoisotopic (exact) mass is 278 g/mol. The maximum Gasteiger partial charge on any atom is 0.240 e. The first kappa shape index (κ1) is 14.0. The minimum Gasteiger partial charge on any atom is -0.211 e. The minimum absolute atomic E-state index is 0.220. The van der Waals surface area contributed by atoms with Gasteiger partial charge in [0.05, 0.1) is 16.5 Å². The molecule has 2 rings (SSSR count). The summed E-state index contributed by atoms with van der Waals surface area (Å²) in [6.45, 7) is 0.493. The molecule has 4 nitrogen and oxygen atoms in total. The number of nitriles is 1. The summed E-state index contributed by atoms with van der Waals surface area (Å²) in [5.41, 5.74) is 0.463. The van der Waals surface area contributed by atoms with Crippen molar-refractivity contribution in [1.82, 2.24) is 4.72 Å². The predicted octanol–water partition coefficient (Wildman–Crippen LogP) is 2.42. The van der Waals surface area contributed by atoms with Gasteiger partial charge in [0.2, 0.25) is 10.0 Å². The van der Waals surface area contributed by atoms with Crippen molar-refractivity contribution in [2.45, 2.75) is 37.0 Å². The van der Waals surface area contributed by atoms with Crippen molar-refractivity contribution < 1.29 is 8.42 Å². The van der Waals surface area contributed by atoms with E-state index >= 15 is 0 Å². The summed E-state index contributed by atoms with van der Waals surface area (Å²) < 4.78 is 26.7. The van der Waals surface area contributed by atoms with Gasteiger partial charge in [0.25, 0.3) is 0 Å². The Morgan fingerprint density at radius 3 is 2.42 bits per heavy atom. The highest BCUT2D eigenvalue weighted by molar-refractivity contribution is 7.89. The van der Waals surface area contributed by atoms with Crippen molar-refractivity contribution >= 4 is 10.0 Å². The van der Waals surface area contributed by atoms with Crippen LogP contribution in [0.2, 0.25) is 0 Å². The number of hydrogen-bond acceptors (Lipinski definition) is 3. The fourth-order valence-corrected chi connectivity index (χ4v) is 3.54. The van der Waals surface area contributed by atoms with Gasteiger partial charge >= 0.3 is 0 Å². The average Bonchev–Trinajstić information content (AvgIpc) is 2.92. The second-order valence-corrected chi connectivity index (χ2v) is 6.74. The third kappa shape index (κ3) is 3.79. The molecule has 0 bridgehead atoms. The standard InChI is InChI=1S/C14H18N2O2S/c15-11-13-5-7-14(8-6-13)19(17,18)16-10-9-12-3-1-2-4-12/h5-8,12,16H,1-4,9-10H2. The Morgan fingerprint density at radius 2 is 1.84 bits per heavy atom. The third-order valence-corrected chi connectivity index (χ3v) is 5.09. The van der Waals surface area contributed by atoms with E-state index in [0.717, 1.165) is 6.42 Å². The van der Waals surface area contributed by atoms with Crippen LogP contribution in [0.15, 0.2) is 29.2 Å². The fourth-order valence-electron chi connectivity index (χ4n) is 2.49. The third-order valence-electron chi connectivity index (χ3n) is 3.61. The zero-order chi connectivity index (χ0) is 13.7. The Balaban J connectivity index is 1.91. The van der Waals surface area contributed by atoms with Gasteiger partial charge in [-0.25, -0.2) is 13.1 Å². The van der Waals surface area contributed by atoms with Crippen molar-refractivity contribution in [3.8, 4) is 6.07 Å². The van der Waals surface area contributed by atoms with Gasteiger partial charge in [-0.2, -0.15) is 5.26 Å². The van der Waals surface area contributed by atoms with Gasteiger partial charge in [-0.1, -0.05) is 25.7 Å². The van der Waals surface area contributed by atoms with E-state index in [-0.39, 0.29) is 4.90 Å². The molecule has 0 saturated heterocycles. The molecule has 0 heterocycles. The zero-order valence-corrected chi connectivity index (χ0v) is 11.6. The van der Waals surface area contributed by atoms with E-state index in [1.807, 2.05) is 6.07 Å². The smallest absolute Gasteiger partial charge is 0.211 e. The molecule has 0 spiro atoms. The highest BCUT2D eigenvalue weighted by atomic mass is 32.2. The predicted molar refractivity (Wildman–Crippen MR) is 72.9 cm³/mol. The van der Waals surface area contributed by atoms with E-state index in [1.165, 1.54) is 49.9 Å². The van der Waals surface area contributed by atoms with Crippen molar-refractivity contribution in [2.24, 2.45) is 5.92 Å². The number of hydrogen-bond donors (Lipinski definition) is 1. The Hall–Kier alpha value is -1.38. The molecule has 1 aromatic carbocycles. The average molecular weight is 278 g/mol. The highest BCUT2D eigenvalue weighted by Crippen LogP contribution is 2.27. The van der Waals surface area contributed by atoms with Crippen molar-refractivity contribution in [1.29, 1.82) is 5.26 Å². The topological polar surface area (TPSA) is 70.0 Å². The summed E-state index contributed by atoms with van der Waals surface area (Å²) in [7, 11) is -3.44. The molecule has 0 amide bonds. The second-order valence-electron chi connectivity index (χ2n) is 4.97. The van der Waals surface area contributed by atoms with Crippen molar-refractivity contribution in [3.63, 3.8) is 0 Å². The molecule has 1 N–H and O–H groups in total. The Labute approximate surface area is 114 Å². The lowest BCUT2D eigenvalue weighted by molar-refractivity contribution is 0.495. The summed E-state index contributed by atoms with van der Waals surface area (Å²) in [5, 5.41) is 8.68. The summed E-state index contributed by atoms with van der Waals surface area (Å²) in [6, 6.07) is 7.95. The van der Waals surface area contributed by atoms with E-state index in [1.54, 1.807) is 0 Å². The molecule has 1 saturated carbocycles. The number of benzene rings is 1. The molecule has 0 radical (unpaired) electrons. The molecule has 1 aliphatic carbocycles. The van der Waals surface area contributed by atoms with Gasteiger partial charge in [0.15, 0.2) is 0 Å². The fraction of sp³-hybridized carbons (Fsp3) is 0.500. The van der Waals surface area contributed by atoms with Gasteiger partial charge in [-0.15, -0.1) is 0 Å². The van der Waals surface area contributed by atoms with Gasteiger partial charge in [0.1, 0.15) is 0 Å². The summed E-state index contributed by atoms with van der Waals surface area (Å²) in [6.07, 6.45) is 5.90. The summed E-state index contributed by atoms with van der Waals surface area (Å²) in [5.74, 6) is 0.670. The molecule has 1 fully saturated rings. The maximum absolute atomic E-state index is 12.0. The van der Waals surface area contributed by atoms with Gasteiger partial charge in [-0.05, 0) is 36.6 Å². The van der Waals surface area contributed by atoms with Crippen LogP contribution in [0.3, 0.4) is 0 Å². The molecule has 0 aliphatic heterocycles. The van der Waals surface area contributed by atoms with Crippen LogP contribution in [0, 0.1) is 17.2 Å². The Kier molecular flexibility index (Phi) is 4.56. The minimum atomic E-state index is -3.44. The van der Waals surface area contributed by atoms with Crippen molar-refractivity contribution in [2.75, 3.05) is 6.54 Å². The Morgan fingerprint density at radius 1 is 1.21 bits per heavy atom. The lowest BCUT2D eigenvalue weighted by Gasteiger charge is -2.10.